The molecule has 0 aliphatic heterocycles. The lowest BCUT2D eigenvalue weighted by Crippen LogP contribution is -2.32. The molecule has 152 valence electrons. The molecule has 3 rings (SSSR count). The average Bonchev–Trinajstić information content (AvgIpc) is 2.70. The van der Waals surface area contributed by atoms with Gasteiger partial charge in [-0.3, -0.25) is 0 Å². The van der Waals surface area contributed by atoms with Gasteiger partial charge in [-0.25, -0.2) is 4.39 Å². The third-order valence-corrected chi connectivity index (χ3v) is 4.20. The Morgan fingerprint density at radius 2 is 1.41 bits per heavy atom. The van der Waals surface area contributed by atoms with Crippen LogP contribution in [0.3, 0.4) is 0 Å². The van der Waals surface area contributed by atoms with Crippen LogP contribution in [0, 0.1) is 18.6 Å². The minimum Gasteiger partial charge on any atom is -0.480 e. The lowest BCUT2D eigenvalue weighted by molar-refractivity contribution is -0.195. The third-order valence-electron chi connectivity index (χ3n) is 4.20. The summed E-state index contributed by atoms with van der Waals surface area (Å²) in [6.45, 7) is -0.0748. The topological polar surface area (TPSA) is 38.7 Å². The normalized spacial score (nSPS) is 11.4. The highest BCUT2D eigenvalue weighted by molar-refractivity contribution is 5.64. The molecule has 29 heavy (non-hydrogen) atoms. The van der Waals surface area contributed by atoms with Gasteiger partial charge in [0.25, 0.3) is 0 Å². The number of benzene rings is 3. The molecule has 7 heteroatoms. The molecule has 0 bridgehead atoms. The Hall–Kier alpha value is -3.06. The van der Waals surface area contributed by atoms with Crippen molar-refractivity contribution in [2.24, 2.45) is 0 Å². The van der Waals surface area contributed by atoms with E-state index in [2.05, 4.69) is 9.47 Å². The van der Waals surface area contributed by atoms with E-state index in [9.17, 15) is 17.6 Å². The fraction of sp³-hybridized carbons (Fsp3) is 0.182. The largest absolute Gasteiger partial charge is 0.480 e. The Morgan fingerprint density at radius 3 is 2.00 bits per heavy atom. The Balaban J connectivity index is 1.65. The summed E-state index contributed by atoms with van der Waals surface area (Å²) in [6, 6.07) is 15.8. The van der Waals surface area contributed by atoms with E-state index in [1.165, 1.54) is 12.1 Å². The Kier molecular flexibility index (Phi) is 6.08. The van der Waals surface area contributed by atoms with Crippen LogP contribution in [0.2, 0.25) is 0 Å². The maximum Gasteiger partial charge on any atom is 0.432 e. The molecule has 0 aliphatic carbocycles. The number of rotatable bonds is 7. The predicted octanol–water partition coefficient (Wildman–Crippen LogP) is 5.48. The van der Waals surface area contributed by atoms with Crippen LogP contribution in [-0.2, 0) is 6.61 Å². The van der Waals surface area contributed by atoms with E-state index in [4.69, 9.17) is 5.11 Å². The summed E-state index contributed by atoms with van der Waals surface area (Å²) in [5, 5.41) is 8.87. The van der Waals surface area contributed by atoms with Gasteiger partial charge in [0, 0.05) is 5.56 Å². The second-order valence-electron chi connectivity index (χ2n) is 6.43. The van der Waals surface area contributed by atoms with Crippen molar-refractivity contribution in [1.29, 1.82) is 0 Å². The molecule has 0 saturated carbocycles. The minimum absolute atomic E-state index is 0.100. The van der Waals surface area contributed by atoms with E-state index in [1.807, 2.05) is 31.2 Å². The molecule has 1 N–H and O–H groups in total. The molecule has 0 heterocycles. The fourth-order valence-electron chi connectivity index (χ4n) is 2.63. The van der Waals surface area contributed by atoms with Crippen molar-refractivity contribution < 1.29 is 32.1 Å². The van der Waals surface area contributed by atoms with Gasteiger partial charge in [0.05, 0.1) is 6.61 Å². The van der Waals surface area contributed by atoms with Gasteiger partial charge in [0.2, 0.25) is 5.82 Å². The van der Waals surface area contributed by atoms with Gasteiger partial charge in [-0.05, 0) is 42.3 Å². The molecule has 0 saturated heterocycles. The molecule has 3 aromatic carbocycles. The van der Waals surface area contributed by atoms with E-state index in [0.29, 0.717) is 0 Å². The van der Waals surface area contributed by atoms with Gasteiger partial charge >= 0.3 is 6.11 Å². The zero-order valence-electron chi connectivity index (χ0n) is 15.5. The van der Waals surface area contributed by atoms with Gasteiger partial charge < -0.3 is 14.6 Å². The number of halogens is 4. The van der Waals surface area contributed by atoms with E-state index in [0.717, 1.165) is 28.8 Å². The first-order chi connectivity index (χ1) is 13.8. The van der Waals surface area contributed by atoms with Crippen molar-refractivity contribution in [2.75, 3.05) is 6.61 Å². The Bertz CT molecular complexity index is 971. The molecule has 0 aliphatic rings. The molecule has 3 nitrogen and oxygen atoms in total. The summed E-state index contributed by atoms with van der Waals surface area (Å²) in [5.74, 6) is -3.59. The lowest BCUT2D eigenvalue weighted by Gasteiger charge is -2.19. The first-order valence-electron chi connectivity index (χ1n) is 8.73. The average molecular weight is 406 g/mol. The number of hydrogen-bond donors (Lipinski definition) is 1. The second kappa shape index (κ2) is 8.53. The van der Waals surface area contributed by atoms with E-state index >= 15 is 0 Å². The molecule has 0 aromatic heterocycles. The summed E-state index contributed by atoms with van der Waals surface area (Å²) >= 11 is 0. The third kappa shape index (κ3) is 5.06. The number of aryl methyl sites for hydroxylation is 1. The SMILES string of the molecule is Cc1ccc(-c2ccc(OC(F)(F)COc3ccc(CO)c(F)c3F)cc2)cc1. The molecule has 0 spiro atoms. The smallest absolute Gasteiger partial charge is 0.432 e. The highest BCUT2D eigenvalue weighted by Gasteiger charge is 2.33. The zero-order valence-corrected chi connectivity index (χ0v) is 15.5. The number of aliphatic hydroxyl groups excluding tert-OH is 1. The Morgan fingerprint density at radius 1 is 0.828 bits per heavy atom. The van der Waals surface area contributed by atoms with Crippen molar-refractivity contribution in [3.63, 3.8) is 0 Å². The summed E-state index contributed by atoms with van der Waals surface area (Å²) < 4.78 is 64.8. The molecular formula is C22H18F4O3. The van der Waals surface area contributed by atoms with Crippen molar-refractivity contribution in [3.8, 4) is 22.6 Å². The van der Waals surface area contributed by atoms with Crippen LogP contribution in [0.25, 0.3) is 11.1 Å². The van der Waals surface area contributed by atoms with Crippen LogP contribution in [0.4, 0.5) is 17.6 Å². The zero-order chi connectivity index (χ0) is 21.0. The molecule has 3 aromatic rings. The van der Waals surface area contributed by atoms with Crippen molar-refractivity contribution >= 4 is 0 Å². The maximum atomic E-state index is 14.0. The monoisotopic (exact) mass is 406 g/mol. The van der Waals surface area contributed by atoms with E-state index in [1.54, 1.807) is 12.1 Å². The lowest BCUT2D eigenvalue weighted by atomic mass is 10.0. The molecule has 0 fully saturated rings. The number of ether oxygens (including phenoxy) is 2. The van der Waals surface area contributed by atoms with Gasteiger partial charge in [0.1, 0.15) is 5.75 Å². The van der Waals surface area contributed by atoms with Gasteiger partial charge in [-0.2, -0.15) is 13.2 Å². The summed E-state index contributed by atoms with van der Waals surface area (Å²) in [7, 11) is 0. The second-order valence-corrected chi connectivity index (χ2v) is 6.43. The van der Waals surface area contributed by atoms with Gasteiger partial charge in [0.15, 0.2) is 18.2 Å². The fourth-order valence-corrected chi connectivity index (χ4v) is 2.63. The van der Waals surface area contributed by atoms with Crippen LogP contribution in [0.15, 0.2) is 60.7 Å². The van der Waals surface area contributed by atoms with Crippen molar-refractivity contribution in [2.45, 2.75) is 19.6 Å². The first kappa shape index (κ1) is 20.7. The Labute approximate surface area is 165 Å². The molecular weight excluding hydrogens is 388 g/mol. The summed E-state index contributed by atoms with van der Waals surface area (Å²) in [4.78, 5) is 0. The van der Waals surface area contributed by atoms with E-state index in [-0.39, 0.29) is 11.3 Å². The number of hydrogen-bond acceptors (Lipinski definition) is 3. The molecule has 0 radical (unpaired) electrons. The maximum absolute atomic E-state index is 14.0. The van der Waals surface area contributed by atoms with Crippen LogP contribution >= 0.6 is 0 Å². The highest BCUT2D eigenvalue weighted by atomic mass is 19.3. The summed E-state index contributed by atoms with van der Waals surface area (Å²) in [5.41, 5.74) is 2.57. The van der Waals surface area contributed by atoms with Crippen molar-refractivity contribution in [1.82, 2.24) is 0 Å². The van der Waals surface area contributed by atoms with Crippen LogP contribution in [0.1, 0.15) is 11.1 Å². The first-order valence-corrected chi connectivity index (χ1v) is 8.73. The summed E-state index contributed by atoms with van der Waals surface area (Å²) in [6.07, 6.45) is -3.77. The van der Waals surface area contributed by atoms with Crippen molar-refractivity contribution in [3.05, 3.63) is 83.4 Å². The molecule has 0 amide bonds. The van der Waals surface area contributed by atoms with E-state index < -0.39 is 36.7 Å². The highest BCUT2D eigenvalue weighted by Crippen LogP contribution is 2.28. The number of alkyl halides is 2. The quantitative estimate of drug-likeness (QED) is 0.528. The van der Waals surface area contributed by atoms with Crippen LogP contribution < -0.4 is 9.47 Å². The predicted molar refractivity (Wildman–Crippen MR) is 100.0 cm³/mol. The minimum atomic E-state index is -3.77. The van der Waals surface area contributed by atoms with Gasteiger partial charge in [-0.1, -0.05) is 42.0 Å². The molecule has 0 atom stereocenters. The molecule has 0 unspecified atom stereocenters. The standard InChI is InChI=1S/C22H18F4O3/c1-14-2-4-15(5-3-14)16-6-9-18(10-7-16)29-22(25,26)13-28-19-11-8-17(12-27)20(23)21(19)24/h2-11,27H,12-13H2,1H3. The van der Waals surface area contributed by atoms with Gasteiger partial charge in [-0.15, -0.1) is 0 Å². The number of aliphatic hydroxyl groups is 1. The van der Waals surface area contributed by atoms with Crippen LogP contribution in [-0.4, -0.2) is 17.8 Å². The van der Waals surface area contributed by atoms with Crippen LogP contribution in [0.5, 0.6) is 11.5 Å².